The van der Waals surface area contributed by atoms with Gasteiger partial charge in [0.25, 0.3) is 0 Å². The van der Waals surface area contributed by atoms with Gasteiger partial charge < -0.3 is 9.47 Å². The Bertz CT molecular complexity index is 871. The summed E-state index contributed by atoms with van der Waals surface area (Å²) >= 11 is 0. The Kier molecular flexibility index (Phi) is 9.00. The SMILES string of the molecule is CCCCCCCCOc1ccc(Oc2ccc(N=Cc3ccccc3)cc2)cc1. The number of ether oxygens (including phenoxy) is 2. The fourth-order valence-electron chi connectivity index (χ4n) is 3.10. The van der Waals surface area contributed by atoms with Crippen molar-refractivity contribution < 1.29 is 9.47 Å². The smallest absolute Gasteiger partial charge is 0.127 e. The molecular formula is C27H31NO2. The monoisotopic (exact) mass is 401 g/mol. The Balaban J connectivity index is 1.42. The molecule has 3 rings (SSSR count). The summed E-state index contributed by atoms with van der Waals surface area (Å²) in [6, 6.07) is 25.6. The second-order valence-electron chi connectivity index (χ2n) is 7.35. The van der Waals surface area contributed by atoms with Crippen molar-refractivity contribution in [2.75, 3.05) is 6.61 Å². The molecule has 0 fully saturated rings. The minimum Gasteiger partial charge on any atom is -0.494 e. The zero-order valence-corrected chi connectivity index (χ0v) is 17.8. The van der Waals surface area contributed by atoms with E-state index in [1.165, 1.54) is 32.1 Å². The van der Waals surface area contributed by atoms with Crippen LogP contribution in [0.1, 0.15) is 51.0 Å². The first-order valence-corrected chi connectivity index (χ1v) is 10.9. The molecule has 0 radical (unpaired) electrons. The number of rotatable bonds is 12. The third kappa shape index (κ3) is 7.75. The van der Waals surface area contributed by atoms with E-state index in [0.717, 1.165) is 41.5 Å². The van der Waals surface area contributed by atoms with E-state index in [4.69, 9.17) is 9.47 Å². The second-order valence-corrected chi connectivity index (χ2v) is 7.35. The predicted octanol–water partition coefficient (Wildman–Crippen LogP) is 7.97. The standard InChI is InChI=1S/C27H31NO2/c1-2-3-4-5-6-10-21-29-25-17-19-27(20-18-25)30-26-15-13-24(14-16-26)28-22-23-11-8-7-9-12-23/h7-9,11-20,22H,2-6,10,21H2,1H3. The van der Waals surface area contributed by atoms with Gasteiger partial charge in [0.15, 0.2) is 0 Å². The van der Waals surface area contributed by atoms with Crippen LogP contribution in [0.5, 0.6) is 17.2 Å². The molecule has 0 atom stereocenters. The second kappa shape index (κ2) is 12.5. The van der Waals surface area contributed by atoms with Crippen LogP contribution in [0.25, 0.3) is 0 Å². The molecule has 0 heterocycles. The van der Waals surface area contributed by atoms with Crippen LogP contribution in [-0.2, 0) is 0 Å². The highest BCUT2D eigenvalue weighted by molar-refractivity contribution is 5.81. The Morgan fingerprint density at radius 3 is 1.97 bits per heavy atom. The fourth-order valence-corrected chi connectivity index (χ4v) is 3.10. The van der Waals surface area contributed by atoms with Gasteiger partial charge >= 0.3 is 0 Å². The molecule has 0 aliphatic heterocycles. The zero-order chi connectivity index (χ0) is 20.9. The van der Waals surface area contributed by atoms with E-state index in [1.54, 1.807) is 0 Å². The van der Waals surface area contributed by atoms with Crippen molar-refractivity contribution in [2.24, 2.45) is 4.99 Å². The first-order chi connectivity index (χ1) is 14.8. The average molecular weight is 402 g/mol. The fraction of sp³-hybridized carbons (Fsp3) is 0.296. The summed E-state index contributed by atoms with van der Waals surface area (Å²) in [6.07, 6.45) is 9.49. The lowest BCUT2D eigenvalue weighted by atomic mass is 10.1. The molecule has 0 saturated carbocycles. The van der Waals surface area contributed by atoms with Crippen molar-refractivity contribution in [3.05, 3.63) is 84.4 Å². The molecule has 0 aromatic heterocycles. The summed E-state index contributed by atoms with van der Waals surface area (Å²) in [4.78, 5) is 4.50. The van der Waals surface area contributed by atoms with E-state index in [-0.39, 0.29) is 0 Å². The summed E-state index contributed by atoms with van der Waals surface area (Å²) in [5, 5.41) is 0. The lowest BCUT2D eigenvalue weighted by molar-refractivity contribution is 0.304. The molecule has 0 saturated heterocycles. The van der Waals surface area contributed by atoms with E-state index in [9.17, 15) is 0 Å². The first-order valence-electron chi connectivity index (χ1n) is 10.9. The lowest BCUT2D eigenvalue weighted by Crippen LogP contribution is -1.97. The normalized spacial score (nSPS) is 11.0. The van der Waals surface area contributed by atoms with Gasteiger partial charge in [-0.3, -0.25) is 4.99 Å². The molecule has 0 bridgehead atoms. The summed E-state index contributed by atoms with van der Waals surface area (Å²) < 4.78 is 11.7. The van der Waals surface area contributed by atoms with Gasteiger partial charge in [-0.1, -0.05) is 69.4 Å². The van der Waals surface area contributed by atoms with Crippen LogP contribution >= 0.6 is 0 Å². The minimum absolute atomic E-state index is 0.775. The molecule has 3 aromatic carbocycles. The van der Waals surface area contributed by atoms with Crippen LogP contribution < -0.4 is 9.47 Å². The maximum absolute atomic E-state index is 5.92. The Hall–Kier alpha value is -3.07. The van der Waals surface area contributed by atoms with Gasteiger partial charge in [-0.2, -0.15) is 0 Å². The Labute approximate surface area is 180 Å². The molecule has 3 aromatic rings. The van der Waals surface area contributed by atoms with Crippen LogP contribution in [0.15, 0.2) is 83.9 Å². The van der Waals surface area contributed by atoms with Gasteiger partial charge in [-0.05, 0) is 60.5 Å². The third-order valence-electron chi connectivity index (χ3n) is 4.83. The van der Waals surface area contributed by atoms with E-state index < -0.39 is 0 Å². The van der Waals surface area contributed by atoms with Gasteiger partial charge in [0, 0.05) is 6.21 Å². The number of hydrogen-bond donors (Lipinski definition) is 0. The predicted molar refractivity (Wildman–Crippen MR) is 126 cm³/mol. The number of benzene rings is 3. The van der Waals surface area contributed by atoms with Gasteiger partial charge in [-0.15, -0.1) is 0 Å². The number of hydrogen-bond acceptors (Lipinski definition) is 3. The van der Waals surface area contributed by atoms with Gasteiger partial charge in [0.1, 0.15) is 17.2 Å². The van der Waals surface area contributed by atoms with Crippen molar-refractivity contribution in [1.82, 2.24) is 0 Å². The van der Waals surface area contributed by atoms with Crippen molar-refractivity contribution >= 4 is 11.9 Å². The van der Waals surface area contributed by atoms with Crippen molar-refractivity contribution in [3.63, 3.8) is 0 Å². The maximum Gasteiger partial charge on any atom is 0.127 e. The van der Waals surface area contributed by atoms with Crippen molar-refractivity contribution in [1.29, 1.82) is 0 Å². The summed E-state index contributed by atoms with van der Waals surface area (Å²) in [5.74, 6) is 2.47. The number of nitrogens with zero attached hydrogens (tertiary/aromatic N) is 1. The van der Waals surface area contributed by atoms with E-state index in [0.29, 0.717) is 0 Å². The molecule has 3 nitrogen and oxygen atoms in total. The number of unbranched alkanes of at least 4 members (excludes halogenated alkanes) is 5. The Morgan fingerprint density at radius 1 is 0.667 bits per heavy atom. The molecule has 0 amide bonds. The molecular weight excluding hydrogens is 370 g/mol. The molecule has 30 heavy (non-hydrogen) atoms. The molecule has 156 valence electrons. The molecule has 0 N–H and O–H groups in total. The van der Waals surface area contributed by atoms with Crippen LogP contribution in [0.3, 0.4) is 0 Å². The highest BCUT2D eigenvalue weighted by atomic mass is 16.5. The largest absolute Gasteiger partial charge is 0.494 e. The summed E-state index contributed by atoms with van der Waals surface area (Å²) in [6.45, 7) is 3.02. The zero-order valence-electron chi connectivity index (χ0n) is 17.8. The van der Waals surface area contributed by atoms with Gasteiger partial charge in [-0.25, -0.2) is 0 Å². The minimum atomic E-state index is 0.775. The molecule has 0 aliphatic rings. The highest BCUT2D eigenvalue weighted by Crippen LogP contribution is 2.26. The average Bonchev–Trinajstić information content (AvgIpc) is 2.80. The van der Waals surface area contributed by atoms with E-state index in [1.807, 2.05) is 85.1 Å². The van der Waals surface area contributed by atoms with E-state index >= 15 is 0 Å². The lowest BCUT2D eigenvalue weighted by Gasteiger charge is -2.09. The first kappa shape index (κ1) is 21.6. The summed E-state index contributed by atoms with van der Waals surface area (Å²) in [7, 11) is 0. The highest BCUT2D eigenvalue weighted by Gasteiger charge is 2.00. The molecule has 3 heteroatoms. The van der Waals surface area contributed by atoms with Crippen molar-refractivity contribution in [2.45, 2.75) is 45.4 Å². The maximum atomic E-state index is 5.92. The number of aliphatic imine (C=N–C) groups is 1. The van der Waals surface area contributed by atoms with Crippen LogP contribution in [0, 0.1) is 0 Å². The quantitative estimate of drug-likeness (QED) is 0.227. The van der Waals surface area contributed by atoms with Crippen LogP contribution in [0.2, 0.25) is 0 Å². The van der Waals surface area contributed by atoms with Crippen molar-refractivity contribution in [3.8, 4) is 17.2 Å². The molecule has 0 spiro atoms. The van der Waals surface area contributed by atoms with Crippen LogP contribution in [0.4, 0.5) is 5.69 Å². The molecule has 0 aliphatic carbocycles. The van der Waals surface area contributed by atoms with E-state index in [2.05, 4.69) is 11.9 Å². The third-order valence-corrected chi connectivity index (χ3v) is 4.83. The van der Waals surface area contributed by atoms with Gasteiger partial charge in [0.05, 0.1) is 12.3 Å². The molecule has 0 unspecified atom stereocenters. The van der Waals surface area contributed by atoms with Crippen LogP contribution in [-0.4, -0.2) is 12.8 Å². The summed E-state index contributed by atoms with van der Waals surface area (Å²) in [5.41, 5.74) is 1.97. The van der Waals surface area contributed by atoms with Gasteiger partial charge in [0.2, 0.25) is 0 Å². The Morgan fingerprint density at radius 2 is 1.27 bits per heavy atom. The topological polar surface area (TPSA) is 30.8 Å².